The Hall–Kier alpha value is -0.120. The smallest absolute Gasteiger partial charge is 0.0911 e. The summed E-state index contributed by atoms with van der Waals surface area (Å²) < 4.78 is 0. The molecule has 3 aliphatic carbocycles. The Morgan fingerprint density at radius 3 is 2.39 bits per heavy atom. The molecule has 0 saturated heterocycles. The molecule has 0 aliphatic heterocycles. The van der Waals surface area contributed by atoms with Crippen LogP contribution in [0.2, 0.25) is 0 Å². The van der Waals surface area contributed by atoms with Gasteiger partial charge in [-0.05, 0) is 55.3 Å². The van der Waals surface area contributed by atoms with Crippen LogP contribution in [-0.2, 0) is 0 Å². The predicted octanol–water partition coefficient (Wildman–Crippen LogP) is 1.66. The Labute approximate surface area is 110 Å². The molecule has 3 heteroatoms. The first-order chi connectivity index (χ1) is 8.09. The Bertz CT molecular complexity index is 392. The van der Waals surface area contributed by atoms with Crippen molar-refractivity contribution < 1.29 is 10.2 Å². The van der Waals surface area contributed by atoms with Crippen molar-refractivity contribution in [2.75, 3.05) is 0 Å². The largest absolute Gasteiger partial charge is 0.390 e. The Balaban J connectivity index is 2.18. The fourth-order valence-corrected chi connectivity index (χ4v) is 5.87. The van der Waals surface area contributed by atoms with Crippen molar-refractivity contribution in [2.45, 2.75) is 70.6 Å². The van der Waals surface area contributed by atoms with Crippen LogP contribution in [0.25, 0.3) is 0 Å². The van der Waals surface area contributed by atoms with E-state index >= 15 is 0 Å². The zero-order chi connectivity index (χ0) is 13.6. The first-order valence-corrected chi connectivity index (χ1v) is 7.29. The molecule has 0 aromatic rings. The van der Waals surface area contributed by atoms with Gasteiger partial charge in [0.1, 0.15) is 0 Å². The quantitative estimate of drug-likeness (QED) is 0.615. The van der Waals surface area contributed by atoms with Gasteiger partial charge in [0.25, 0.3) is 0 Å². The lowest BCUT2D eigenvalue weighted by Crippen LogP contribution is -2.57. The van der Waals surface area contributed by atoms with Gasteiger partial charge in [-0.2, -0.15) is 0 Å². The topological polar surface area (TPSA) is 66.5 Å². The zero-order valence-electron chi connectivity index (χ0n) is 12.0. The highest BCUT2D eigenvalue weighted by Gasteiger charge is 2.76. The van der Waals surface area contributed by atoms with E-state index in [1.807, 2.05) is 0 Å². The summed E-state index contributed by atoms with van der Waals surface area (Å²) >= 11 is 0. The molecule has 18 heavy (non-hydrogen) atoms. The van der Waals surface area contributed by atoms with E-state index in [9.17, 15) is 10.2 Å². The van der Waals surface area contributed by atoms with E-state index in [4.69, 9.17) is 5.73 Å². The van der Waals surface area contributed by atoms with Gasteiger partial charge in [-0.3, -0.25) is 0 Å². The number of nitrogens with two attached hydrogens (primary N) is 1. The van der Waals surface area contributed by atoms with Gasteiger partial charge >= 0.3 is 0 Å². The molecule has 104 valence electrons. The molecule has 0 amide bonds. The number of aliphatic hydroxyl groups excluding tert-OH is 1. The van der Waals surface area contributed by atoms with Crippen molar-refractivity contribution in [3.8, 4) is 0 Å². The number of hydrogen-bond acceptors (Lipinski definition) is 3. The molecular weight excluding hydrogens is 226 g/mol. The summed E-state index contributed by atoms with van der Waals surface area (Å²) in [6.45, 7) is 8.47. The lowest BCUT2D eigenvalue weighted by molar-refractivity contribution is -0.153. The number of hydrogen-bond donors (Lipinski definition) is 3. The summed E-state index contributed by atoms with van der Waals surface area (Å²) in [5, 5.41) is 21.1. The van der Waals surface area contributed by atoms with Gasteiger partial charge in [0.05, 0.1) is 11.7 Å². The van der Waals surface area contributed by atoms with Crippen LogP contribution in [0.15, 0.2) is 0 Å². The minimum Gasteiger partial charge on any atom is -0.390 e. The van der Waals surface area contributed by atoms with Crippen molar-refractivity contribution in [1.29, 1.82) is 0 Å². The van der Waals surface area contributed by atoms with Crippen LogP contribution in [0.4, 0.5) is 0 Å². The van der Waals surface area contributed by atoms with E-state index in [-0.39, 0.29) is 22.3 Å². The van der Waals surface area contributed by atoms with Gasteiger partial charge < -0.3 is 15.9 Å². The molecule has 0 aromatic carbocycles. The summed E-state index contributed by atoms with van der Waals surface area (Å²) in [7, 11) is 0. The lowest BCUT2D eigenvalue weighted by Gasteiger charge is -2.48. The maximum Gasteiger partial charge on any atom is 0.0911 e. The zero-order valence-corrected chi connectivity index (χ0v) is 12.0. The van der Waals surface area contributed by atoms with Gasteiger partial charge in [0, 0.05) is 5.54 Å². The molecule has 3 nitrogen and oxygen atoms in total. The second-order valence-corrected chi connectivity index (χ2v) is 7.99. The molecule has 3 aliphatic rings. The highest BCUT2D eigenvalue weighted by molar-refractivity contribution is 5.28. The second-order valence-electron chi connectivity index (χ2n) is 7.99. The molecule has 1 spiro atoms. The van der Waals surface area contributed by atoms with E-state index in [1.165, 1.54) is 0 Å². The number of rotatable bonds is 0. The maximum absolute atomic E-state index is 10.7. The monoisotopic (exact) mass is 253 g/mol. The van der Waals surface area contributed by atoms with E-state index < -0.39 is 11.7 Å². The second kappa shape index (κ2) is 3.13. The molecule has 3 fully saturated rings. The minimum atomic E-state index is -0.995. The van der Waals surface area contributed by atoms with Gasteiger partial charge in [0.15, 0.2) is 0 Å². The first-order valence-electron chi connectivity index (χ1n) is 7.29. The van der Waals surface area contributed by atoms with Gasteiger partial charge in [-0.15, -0.1) is 0 Å². The summed E-state index contributed by atoms with van der Waals surface area (Å²) in [6.07, 6.45) is 3.18. The summed E-state index contributed by atoms with van der Waals surface area (Å²) in [5.41, 5.74) is 5.56. The summed E-state index contributed by atoms with van der Waals surface area (Å²) in [5.74, 6) is 0.652. The minimum absolute atomic E-state index is 0.0306. The van der Waals surface area contributed by atoms with Crippen molar-refractivity contribution in [1.82, 2.24) is 0 Å². The standard InChI is InChI=1S/C15H27NO2/c1-9-5-6-15(16)12(2,3)10-7-14(9,15)8-11(17)13(10,4)18/h9-11,17-18H,5-8,16H2,1-4H3/t9-,10?,11+,13-,14-,15-/m1/s1. The van der Waals surface area contributed by atoms with Crippen molar-refractivity contribution >= 4 is 0 Å². The van der Waals surface area contributed by atoms with Crippen LogP contribution < -0.4 is 5.73 Å². The highest BCUT2D eigenvalue weighted by atomic mass is 16.3. The summed E-state index contributed by atoms with van der Waals surface area (Å²) in [6, 6.07) is 0. The third-order valence-corrected chi connectivity index (χ3v) is 7.33. The lowest BCUT2D eigenvalue weighted by atomic mass is 9.61. The molecule has 3 rings (SSSR count). The molecule has 1 unspecified atom stereocenters. The van der Waals surface area contributed by atoms with Crippen LogP contribution in [0, 0.1) is 22.7 Å². The van der Waals surface area contributed by atoms with E-state index in [2.05, 4.69) is 20.8 Å². The van der Waals surface area contributed by atoms with E-state index in [0.717, 1.165) is 19.3 Å². The maximum atomic E-state index is 10.7. The SMILES string of the molecule is C[C@@H]1CC[C@@]2(N)C(C)(C)C3C[C@@]12C[C@H](O)[C@]3(C)O. The third-order valence-electron chi connectivity index (χ3n) is 7.33. The average molecular weight is 253 g/mol. The molecule has 6 atom stereocenters. The molecular formula is C15H27NO2. The van der Waals surface area contributed by atoms with Gasteiger partial charge in [0.2, 0.25) is 0 Å². The highest BCUT2D eigenvalue weighted by Crippen LogP contribution is 2.73. The normalized spacial score (nSPS) is 61.8. The fourth-order valence-electron chi connectivity index (χ4n) is 5.87. The first kappa shape index (κ1) is 12.9. The van der Waals surface area contributed by atoms with Crippen molar-refractivity contribution in [3.05, 3.63) is 0 Å². The number of aliphatic hydroxyl groups is 2. The number of fused-ring (bicyclic) bond motifs is 1. The molecule has 4 N–H and O–H groups in total. The van der Waals surface area contributed by atoms with E-state index in [0.29, 0.717) is 12.3 Å². The van der Waals surface area contributed by atoms with Crippen LogP contribution in [0.1, 0.15) is 53.4 Å². The van der Waals surface area contributed by atoms with Crippen molar-refractivity contribution in [3.63, 3.8) is 0 Å². The molecule has 0 heterocycles. The molecule has 2 bridgehead atoms. The van der Waals surface area contributed by atoms with Crippen LogP contribution in [0.3, 0.4) is 0 Å². The fraction of sp³-hybridized carbons (Fsp3) is 1.00. The van der Waals surface area contributed by atoms with Crippen LogP contribution in [0.5, 0.6) is 0 Å². The van der Waals surface area contributed by atoms with Crippen molar-refractivity contribution in [2.24, 2.45) is 28.4 Å². The summed E-state index contributed by atoms with van der Waals surface area (Å²) in [4.78, 5) is 0. The Kier molecular flexibility index (Phi) is 2.24. The predicted molar refractivity (Wildman–Crippen MR) is 70.9 cm³/mol. The molecule has 0 radical (unpaired) electrons. The Morgan fingerprint density at radius 2 is 1.78 bits per heavy atom. The van der Waals surface area contributed by atoms with Crippen LogP contribution >= 0.6 is 0 Å². The Morgan fingerprint density at radius 1 is 1.17 bits per heavy atom. The van der Waals surface area contributed by atoms with E-state index in [1.54, 1.807) is 6.92 Å². The van der Waals surface area contributed by atoms with Gasteiger partial charge in [-0.25, -0.2) is 0 Å². The molecule has 0 aromatic heterocycles. The molecule has 3 saturated carbocycles. The van der Waals surface area contributed by atoms with Gasteiger partial charge in [-0.1, -0.05) is 20.8 Å². The average Bonchev–Trinajstić information content (AvgIpc) is 2.58. The van der Waals surface area contributed by atoms with Crippen LogP contribution in [-0.4, -0.2) is 27.5 Å². The third kappa shape index (κ3) is 1.05.